The van der Waals surface area contributed by atoms with Gasteiger partial charge >= 0.3 is 11.9 Å². The van der Waals surface area contributed by atoms with Gasteiger partial charge in [0.1, 0.15) is 18.6 Å². The lowest BCUT2D eigenvalue weighted by molar-refractivity contribution is -0.139. The van der Waals surface area contributed by atoms with Gasteiger partial charge in [-0.3, -0.25) is 24.0 Å². The van der Waals surface area contributed by atoms with Crippen LogP contribution in [0.4, 0.5) is 0 Å². The van der Waals surface area contributed by atoms with Crippen LogP contribution in [0.25, 0.3) is 0 Å². The van der Waals surface area contributed by atoms with E-state index >= 15 is 0 Å². The second-order valence-electron chi connectivity index (χ2n) is 7.77. The van der Waals surface area contributed by atoms with Gasteiger partial charge in [0.25, 0.3) is 0 Å². The summed E-state index contributed by atoms with van der Waals surface area (Å²) in [5, 5.41) is 25.0. The van der Waals surface area contributed by atoms with E-state index in [1.807, 2.05) is 6.07 Å². The fraction of sp³-hybridized carbons (Fsp3) is 0.500. The van der Waals surface area contributed by atoms with Gasteiger partial charge < -0.3 is 31.9 Å². The number of carbonyl (C=O) groups is 5. The number of benzene rings is 1. The molecule has 0 spiro atoms. The molecule has 0 heterocycles. The maximum absolute atomic E-state index is 12.9. The highest BCUT2D eigenvalue weighted by Crippen LogP contribution is 2.10. The number of hydrogen-bond donors (Lipinski definition) is 6. The minimum Gasteiger partial charge on any atom is -0.481 e. The Bertz CT molecular complexity index is 831. The molecule has 182 valence electrons. The molecule has 1 rings (SSSR count). The molecule has 1 aromatic rings. The molecule has 7 N–H and O–H groups in total. The fourth-order valence-corrected chi connectivity index (χ4v) is 3.00. The number of carboxylic acid groups (broad SMARTS) is 2. The lowest BCUT2D eigenvalue weighted by Crippen LogP contribution is -2.57. The number of rotatable bonds is 14. The Morgan fingerprint density at radius 1 is 0.939 bits per heavy atom. The lowest BCUT2D eigenvalue weighted by Gasteiger charge is -2.26. The average molecular weight is 465 g/mol. The van der Waals surface area contributed by atoms with Crippen molar-refractivity contribution in [2.75, 3.05) is 6.54 Å². The third-order valence-electron chi connectivity index (χ3n) is 5.12. The van der Waals surface area contributed by atoms with Crippen LogP contribution in [0.5, 0.6) is 0 Å². The molecule has 1 aromatic carbocycles. The first-order valence-corrected chi connectivity index (χ1v) is 10.7. The number of hydrogen-bond acceptors (Lipinski definition) is 6. The lowest BCUT2D eigenvalue weighted by atomic mass is 9.97. The summed E-state index contributed by atoms with van der Waals surface area (Å²) in [6, 6.07) is 5.74. The Morgan fingerprint density at radius 3 is 2.12 bits per heavy atom. The highest BCUT2D eigenvalue weighted by Gasteiger charge is 2.31. The van der Waals surface area contributed by atoms with Crippen molar-refractivity contribution >= 4 is 29.7 Å². The number of nitrogens with one attached hydrogen (secondary N) is 3. The summed E-state index contributed by atoms with van der Waals surface area (Å²) < 4.78 is 0. The number of aliphatic carboxylic acids is 2. The molecule has 0 bridgehead atoms. The minimum atomic E-state index is -1.24. The molecular weight excluding hydrogens is 432 g/mol. The van der Waals surface area contributed by atoms with Gasteiger partial charge in [-0.2, -0.15) is 0 Å². The van der Waals surface area contributed by atoms with Crippen molar-refractivity contribution in [2.24, 2.45) is 11.7 Å². The van der Waals surface area contributed by atoms with Gasteiger partial charge in [-0.25, -0.2) is 0 Å². The van der Waals surface area contributed by atoms with Crippen LogP contribution in [0.1, 0.15) is 38.7 Å². The Balaban J connectivity index is 2.92. The summed E-state index contributed by atoms with van der Waals surface area (Å²) in [5.74, 6) is -4.83. The van der Waals surface area contributed by atoms with Crippen LogP contribution in [-0.2, 0) is 30.4 Å². The van der Waals surface area contributed by atoms with Gasteiger partial charge in [-0.1, -0.05) is 50.6 Å². The molecule has 0 radical (unpaired) electrons. The fourth-order valence-electron chi connectivity index (χ4n) is 3.00. The van der Waals surface area contributed by atoms with E-state index in [0.717, 1.165) is 5.56 Å². The molecule has 0 fully saturated rings. The molecule has 0 aliphatic heterocycles. The van der Waals surface area contributed by atoms with E-state index in [1.54, 1.807) is 38.1 Å². The number of carboxylic acids is 2. The van der Waals surface area contributed by atoms with Crippen LogP contribution >= 0.6 is 0 Å². The highest BCUT2D eigenvalue weighted by molar-refractivity contribution is 5.94. The van der Waals surface area contributed by atoms with E-state index in [-0.39, 0.29) is 18.8 Å². The zero-order chi connectivity index (χ0) is 25.0. The molecule has 4 unspecified atom stereocenters. The zero-order valence-electron chi connectivity index (χ0n) is 18.7. The summed E-state index contributed by atoms with van der Waals surface area (Å²) in [6.07, 6.45) is 0.104. The van der Waals surface area contributed by atoms with Gasteiger partial charge in [0.15, 0.2) is 0 Å². The van der Waals surface area contributed by atoms with Crippen LogP contribution in [0.15, 0.2) is 30.3 Å². The largest absolute Gasteiger partial charge is 0.481 e. The van der Waals surface area contributed by atoms with Crippen molar-refractivity contribution in [3.63, 3.8) is 0 Å². The van der Waals surface area contributed by atoms with Gasteiger partial charge in [-0.15, -0.1) is 0 Å². The number of amides is 3. The maximum Gasteiger partial charge on any atom is 0.322 e. The van der Waals surface area contributed by atoms with Crippen molar-refractivity contribution in [3.05, 3.63) is 35.9 Å². The Morgan fingerprint density at radius 2 is 1.58 bits per heavy atom. The zero-order valence-corrected chi connectivity index (χ0v) is 18.7. The van der Waals surface area contributed by atoms with Gasteiger partial charge in [-0.05, 0) is 24.3 Å². The molecule has 11 heteroatoms. The molecule has 4 atom stereocenters. The van der Waals surface area contributed by atoms with E-state index in [9.17, 15) is 24.0 Å². The molecular formula is C22H32N4O7. The second kappa shape index (κ2) is 13.8. The van der Waals surface area contributed by atoms with Crippen LogP contribution in [0.3, 0.4) is 0 Å². The van der Waals surface area contributed by atoms with Crippen LogP contribution in [0.2, 0.25) is 0 Å². The Kier molecular flexibility index (Phi) is 11.6. The van der Waals surface area contributed by atoms with Crippen molar-refractivity contribution in [3.8, 4) is 0 Å². The summed E-state index contributed by atoms with van der Waals surface area (Å²) in [6.45, 7) is 2.88. The Hall–Kier alpha value is -3.47. The predicted octanol–water partition coefficient (Wildman–Crippen LogP) is -0.362. The molecule has 0 aromatic heterocycles. The van der Waals surface area contributed by atoms with Crippen LogP contribution < -0.4 is 21.7 Å². The minimum absolute atomic E-state index is 0.213. The number of nitrogens with two attached hydrogens (primary N) is 1. The summed E-state index contributed by atoms with van der Waals surface area (Å²) >= 11 is 0. The normalized spacial score (nSPS) is 14.3. The van der Waals surface area contributed by atoms with E-state index in [4.69, 9.17) is 15.9 Å². The van der Waals surface area contributed by atoms with E-state index in [2.05, 4.69) is 16.0 Å². The van der Waals surface area contributed by atoms with Crippen LogP contribution in [-0.4, -0.2) is 64.5 Å². The summed E-state index contributed by atoms with van der Waals surface area (Å²) in [7, 11) is 0. The molecule has 0 saturated heterocycles. The quantitative estimate of drug-likeness (QED) is 0.215. The second-order valence-corrected chi connectivity index (χ2v) is 7.77. The third-order valence-corrected chi connectivity index (χ3v) is 5.12. The van der Waals surface area contributed by atoms with Gasteiger partial charge in [0.2, 0.25) is 17.7 Å². The monoisotopic (exact) mass is 464 g/mol. The van der Waals surface area contributed by atoms with Gasteiger partial charge in [0.05, 0.1) is 6.04 Å². The number of carbonyl (C=O) groups excluding carboxylic acids is 3. The van der Waals surface area contributed by atoms with Crippen molar-refractivity contribution < 1.29 is 34.2 Å². The molecule has 33 heavy (non-hydrogen) atoms. The molecule has 0 saturated carbocycles. The van der Waals surface area contributed by atoms with E-state index in [0.29, 0.717) is 6.42 Å². The first kappa shape index (κ1) is 27.6. The van der Waals surface area contributed by atoms with E-state index in [1.165, 1.54) is 0 Å². The first-order valence-electron chi connectivity index (χ1n) is 10.7. The SMILES string of the molecule is CCC(C)C(NC(=O)C(CCC(=O)O)NC(=O)C(N)Cc1ccccc1)C(=O)NCC(=O)O. The molecule has 3 amide bonds. The highest BCUT2D eigenvalue weighted by atomic mass is 16.4. The average Bonchev–Trinajstić information content (AvgIpc) is 2.78. The standard InChI is InChI=1S/C22H32N4O7/c1-3-13(2)19(22(33)24-12-18(29)30)26-21(32)16(9-10-17(27)28)25-20(31)15(23)11-14-7-5-4-6-8-14/h4-8,13,15-16,19H,3,9-12,23H2,1-2H3,(H,24,33)(H,25,31)(H,26,32)(H,27,28)(H,29,30). The molecule has 11 nitrogen and oxygen atoms in total. The van der Waals surface area contributed by atoms with E-state index < -0.39 is 60.8 Å². The first-order chi connectivity index (χ1) is 15.5. The van der Waals surface area contributed by atoms with Gasteiger partial charge in [0, 0.05) is 6.42 Å². The van der Waals surface area contributed by atoms with Crippen molar-refractivity contribution in [1.82, 2.24) is 16.0 Å². The van der Waals surface area contributed by atoms with Crippen molar-refractivity contribution in [1.29, 1.82) is 0 Å². The smallest absolute Gasteiger partial charge is 0.322 e. The maximum atomic E-state index is 12.9. The van der Waals surface area contributed by atoms with Crippen molar-refractivity contribution in [2.45, 2.75) is 57.7 Å². The van der Waals surface area contributed by atoms with Crippen LogP contribution in [0, 0.1) is 5.92 Å². The Labute approximate surface area is 192 Å². The molecule has 0 aliphatic rings. The topological polar surface area (TPSA) is 188 Å². The molecule has 0 aliphatic carbocycles. The third kappa shape index (κ3) is 10.1. The summed E-state index contributed by atoms with van der Waals surface area (Å²) in [5.41, 5.74) is 6.78. The summed E-state index contributed by atoms with van der Waals surface area (Å²) in [4.78, 5) is 59.7. The predicted molar refractivity (Wildman–Crippen MR) is 119 cm³/mol.